The molecule has 0 aliphatic heterocycles. The lowest BCUT2D eigenvalue weighted by Gasteiger charge is -2.07. The maximum atomic E-state index is 11.7. The Morgan fingerprint density at radius 2 is 1.54 bits per heavy atom. The van der Waals surface area contributed by atoms with E-state index in [4.69, 9.17) is 15.9 Å². The van der Waals surface area contributed by atoms with Crippen molar-refractivity contribution in [2.45, 2.75) is 32.6 Å². The van der Waals surface area contributed by atoms with Gasteiger partial charge in [-0.1, -0.05) is 50.0 Å². The van der Waals surface area contributed by atoms with E-state index < -0.39 is 0 Å². The van der Waals surface area contributed by atoms with Crippen LogP contribution < -0.4 is 9.47 Å². The monoisotopic (exact) mass is 322 g/mol. The summed E-state index contributed by atoms with van der Waals surface area (Å²) in [6, 6.07) is 15.2. The number of unbranched alkanes of at least 4 members (excludes halogenated alkanes) is 2. The van der Waals surface area contributed by atoms with Gasteiger partial charge in [0, 0.05) is 6.42 Å². The van der Waals surface area contributed by atoms with E-state index in [0.717, 1.165) is 36.1 Å². The molecule has 0 saturated carbocycles. The summed E-state index contributed by atoms with van der Waals surface area (Å²) < 4.78 is 10.7. The van der Waals surface area contributed by atoms with E-state index in [0.29, 0.717) is 12.2 Å². The predicted octanol–water partition coefficient (Wildman–Crippen LogP) is 4.85. The highest BCUT2D eigenvalue weighted by atomic mass is 16.5. The average Bonchev–Trinajstić information content (AvgIpc) is 2.61. The van der Waals surface area contributed by atoms with Crippen molar-refractivity contribution < 1.29 is 14.3 Å². The highest BCUT2D eigenvalue weighted by Crippen LogP contribution is 2.24. The summed E-state index contributed by atoms with van der Waals surface area (Å²) in [7, 11) is 0. The third-order valence-electron chi connectivity index (χ3n) is 3.58. The van der Waals surface area contributed by atoms with Crippen LogP contribution in [0.15, 0.2) is 48.5 Å². The Balaban J connectivity index is 1.94. The number of carbonyl (C=O) groups is 1. The maximum absolute atomic E-state index is 11.7. The van der Waals surface area contributed by atoms with E-state index in [1.54, 1.807) is 0 Å². The zero-order valence-corrected chi connectivity index (χ0v) is 14.0. The smallest absolute Gasteiger partial charge is 0.311 e. The van der Waals surface area contributed by atoms with E-state index in [-0.39, 0.29) is 12.6 Å². The van der Waals surface area contributed by atoms with Crippen molar-refractivity contribution in [3.8, 4) is 35.0 Å². The Labute approximate surface area is 143 Å². The quantitative estimate of drug-likeness (QED) is 0.301. The van der Waals surface area contributed by atoms with Gasteiger partial charge in [-0.05, 0) is 41.8 Å². The lowest BCUT2D eigenvalue weighted by atomic mass is 10.1. The minimum absolute atomic E-state index is 0.175. The number of hydrogen-bond donors (Lipinski definition) is 0. The van der Waals surface area contributed by atoms with Gasteiger partial charge < -0.3 is 9.47 Å². The van der Waals surface area contributed by atoms with Gasteiger partial charge in [0.2, 0.25) is 0 Å². The summed E-state index contributed by atoms with van der Waals surface area (Å²) in [5.41, 5.74) is 2.10. The van der Waals surface area contributed by atoms with Crippen molar-refractivity contribution in [2.75, 3.05) is 6.61 Å². The molecule has 0 spiro atoms. The van der Waals surface area contributed by atoms with Gasteiger partial charge in [-0.15, -0.1) is 6.42 Å². The Morgan fingerprint density at radius 3 is 2.08 bits per heavy atom. The number of ether oxygens (including phenoxy) is 2. The second kappa shape index (κ2) is 9.42. The van der Waals surface area contributed by atoms with E-state index in [9.17, 15) is 4.79 Å². The first-order valence-corrected chi connectivity index (χ1v) is 8.20. The predicted molar refractivity (Wildman–Crippen MR) is 96.0 cm³/mol. The fraction of sp³-hybridized carbons (Fsp3) is 0.286. The molecule has 0 unspecified atom stereocenters. The number of benzene rings is 2. The fourth-order valence-electron chi connectivity index (χ4n) is 2.29. The molecule has 124 valence electrons. The maximum Gasteiger partial charge on any atom is 0.311 e. The molecule has 2 aromatic carbocycles. The molecule has 0 fully saturated rings. The van der Waals surface area contributed by atoms with Gasteiger partial charge >= 0.3 is 5.97 Å². The molecule has 0 aliphatic rings. The molecule has 0 amide bonds. The number of esters is 1. The zero-order valence-electron chi connectivity index (χ0n) is 14.0. The summed E-state index contributed by atoms with van der Waals surface area (Å²) in [6.45, 7) is 2.37. The largest absolute Gasteiger partial charge is 0.481 e. The van der Waals surface area contributed by atoms with Gasteiger partial charge in [0.25, 0.3) is 0 Å². The molecule has 0 heterocycles. The van der Waals surface area contributed by atoms with Crippen LogP contribution in [0.3, 0.4) is 0 Å². The van der Waals surface area contributed by atoms with Gasteiger partial charge in [-0.25, -0.2) is 0 Å². The molecule has 0 aliphatic carbocycles. The Hall–Kier alpha value is -2.73. The summed E-state index contributed by atoms with van der Waals surface area (Å²) in [5.74, 6) is 3.58. The van der Waals surface area contributed by atoms with Gasteiger partial charge in [0.05, 0.1) is 0 Å². The Bertz CT molecular complexity index is 679. The van der Waals surface area contributed by atoms with Crippen molar-refractivity contribution in [3.63, 3.8) is 0 Å². The Morgan fingerprint density at radius 1 is 0.958 bits per heavy atom. The van der Waals surface area contributed by atoms with Crippen LogP contribution in [-0.4, -0.2) is 12.6 Å². The molecule has 0 saturated heterocycles. The molecule has 2 aromatic rings. The van der Waals surface area contributed by atoms with Crippen LogP contribution in [0.4, 0.5) is 0 Å². The number of rotatable bonds is 8. The van der Waals surface area contributed by atoms with Gasteiger partial charge in [-0.2, -0.15) is 0 Å². The van der Waals surface area contributed by atoms with Gasteiger partial charge in [0.1, 0.15) is 18.1 Å². The van der Waals surface area contributed by atoms with E-state index >= 15 is 0 Å². The van der Waals surface area contributed by atoms with Crippen molar-refractivity contribution in [1.82, 2.24) is 0 Å². The molecule has 0 aromatic heterocycles. The fourth-order valence-corrected chi connectivity index (χ4v) is 2.29. The highest BCUT2D eigenvalue weighted by Gasteiger charge is 2.05. The average molecular weight is 322 g/mol. The normalized spacial score (nSPS) is 10.0. The van der Waals surface area contributed by atoms with Crippen molar-refractivity contribution >= 4 is 5.97 Å². The van der Waals surface area contributed by atoms with Gasteiger partial charge in [0.15, 0.2) is 0 Å². The number of carbonyl (C=O) groups excluding carboxylic acids is 1. The first kappa shape index (κ1) is 17.6. The minimum atomic E-state index is -0.175. The molecule has 0 N–H and O–H groups in total. The molecule has 0 radical (unpaired) electrons. The molecule has 3 heteroatoms. The molecular formula is C21H22O3. The van der Waals surface area contributed by atoms with Crippen molar-refractivity contribution in [1.29, 1.82) is 0 Å². The minimum Gasteiger partial charge on any atom is -0.481 e. The standard InChI is InChI=1S/C21H22O3/c1-3-5-6-7-21(22)24-20-14-10-18(11-15-20)17-8-12-19(13-9-17)23-16-4-2/h2,8-15H,3,5-7,16H2,1H3. The summed E-state index contributed by atoms with van der Waals surface area (Å²) in [5, 5.41) is 0. The molecule has 0 atom stereocenters. The second-order valence-electron chi connectivity index (χ2n) is 5.47. The Kier molecular flexibility index (Phi) is 6.91. The third kappa shape index (κ3) is 5.48. The van der Waals surface area contributed by atoms with E-state index in [1.807, 2.05) is 48.5 Å². The first-order valence-electron chi connectivity index (χ1n) is 8.20. The van der Waals surface area contributed by atoms with Crippen LogP contribution in [0.1, 0.15) is 32.6 Å². The topological polar surface area (TPSA) is 35.5 Å². The molecule has 2 rings (SSSR count). The van der Waals surface area contributed by atoms with Crippen LogP contribution >= 0.6 is 0 Å². The van der Waals surface area contributed by atoms with E-state index in [2.05, 4.69) is 12.8 Å². The van der Waals surface area contributed by atoms with Gasteiger partial charge in [-0.3, -0.25) is 4.79 Å². The van der Waals surface area contributed by atoms with Crippen molar-refractivity contribution in [3.05, 3.63) is 48.5 Å². The highest BCUT2D eigenvalue weighted by molar-refractivity contribution is 5.73. The van der Waals surface area contributed by atoms with Crippen LogP contribution in [0.25, 0.3) is 11.1 Å². The zero-order chi connectivity index (χ0) is 17.2. The summed E-state index contributed by atoms with van der Waals surface area (Å²) in [4.78, 5) is 11.7. The van der Waals surface area contributed by atoms with Crippen LogP contribution in [0.5, 0.6) is 11.5 Å². The number of terminal acetylenes is 1. The second-order valence-corrected chi connectivity index (χ2v) is 5.47. The number of hydrogen-bond acceptors (Lipinski definition) is 3. The first-order chi connectivity index (χ1) is 11.7. The molecule has 0 bridgehead atoms. The SMILES string of the molecule is C#CCOc1ccc(-c2ccc(OC(=O)CCCCC)cc2)cc1. The van der Waals surface area contributed by atoms with Crippen LogP contribution in [0, 0.1) is 12.3 Å². The lowest BCUT2D eigenvalue weighted by Crippen LogP contribution is -2.07. The molecule has 24 heavy (non-hydrogen) atoms. The molecule has 3 nitrogen and oxygen atoms in total. The molecular weight excluding hydrogens is 300 g/mol. The summed E-state index contributed by atoms with van der Waals surface area (Å²) in [6.07, 6.45) is 8.65. The van der Waals surface area contributed by atoms with Crippen LogP contribution in [-0.2, 0) is 4.79 Å². The van der Waals surface area contributed by atoms with E-state index in [1.165, 1.54) is 0 Å². The van der Waals surface area contributed by atoms with Crippen LogP contribution in [0.2, 0.25) is 0 Å². The summed E-state index contributed by atoms with van der Waals surface area (Å²) >= 11 is 0. The third-order valence-corrected chi connectivity index (χ3v) is 3.58. The van der Waals surface area contributed by atoms with Crippen molar-refractivity contribution in [2.24, 2.45) is 0 Å². The lowest BCUT2D eigenvalue weighted by molar-refractivity contribution is -0.134.